The van der Waals surface area contributed by atoms with Crippen LogP contribution in [0.4, 0.5) is 0 Å². The normalized spacial score (nSPS) is 11.9. The second kappa shape index (κ2) is 12.4. The fourth-order valence-corrected chi connectivity index (χ4v) is 4.46. The molecule has 2 aromatic carbocycles. The topological polar surface area (TPSA) is 120 Å². The van der Waals surface area contributed by atoms with Crippen LogP contribution < -0.4 is 29.5 Å². The molecule has 0 unspecified atom stereocenters. The highest BCUT2D eigenvalue weighted by molar-refractivity contribution is 7.07. The second-order valence-corrected chi connectivity index (χ2v) is 8.36. The summed E-state index contributed by atoms with van der Waals surface area (Å²) in [6.07, 6.45) is 1.55. The lowest BCUT2D eigenvalue weighted by molar-refractivity contribution is -0.135. The van der Waals surface area contributed by atoms with E-state index in [0.29, 0.717) is 23.6 Å². The van der Waals surface area contributed by atoms with Gasteiger partial charge in [-0.25, -0.2) is 4.79 Å². The third-order valence-electron chi connectivity index (χ3n) is 5.07. The van der Waals surface area contributed by atoms with E-state index in [4.69, 9.17) is 14.2 Å². The molecule has 0 saturated carbocycles. The highest BCUT2D eigenvalue weighted by Crippen LogP contribution is 2.27. The van der Waals surface area contributed by atoms with Gasteiger partial charge < -0.3 is 19.5 Å². The quantitative estimate of drug-likeness (QED) is 0.434. The summed E-state index contributed by atoms with van der Waals surface area (Å²) >= 11 is 0.878. The largest absolute Gasteiger partial charge is 0.493 e. The predicted octanol–water partition coefficient (Wildman–Crippen LogP) is 1.29. The van der Waals surface area contributed by atoms with Crippen LogP contribution >= 0.6 is 11.3 Å². The number of ether oxygens (including phenoxy) is 3. The van der Waals surface area contributed by atoms with E-state index in [1.807, 2.05) is 18.2 Å². The maximum Gasteiger partial charge on any atom is 0.332 e. The van der Waals surface area contributed by atoms with Crippen LogP contribution in [0, 0.1) is 11.3 Å². The molecule has 0 aliphatic carbocycles. The predicted molar refractivity (Wildman–Crippen MR) is 136 cm³/mol. The Bertz CT molecular complexity index is 1470. The van der Waals surface area contributed by atoms with Crippen molar-refractivity contribution < 1.29 is 23.8 Å². The van der Waals surface area contributed by atoms with E-state index in [1.165, 1.54) is 4.57 Å². The van der Waals surface area contributed by atoms with Crippen molar-refractivity contribution in [1.29, 1.82) is 5.26 Å². The fraction of sp³-hybridized carbons (Fsp3) is 0.231. The van der Waals surface area contributed by atoms with E-state index in [-0.39, 0.29) is 27.9 Å². The number of carbonyl (C=O) groups is 2. The minimum absolute atomic E-state index is 0.0539. The first-order chi connectivity index (χ1) is 17.4. The molecule has 36 heavy (non-hydrogen) atoms. The zero-order chi connectivity index (χ0) is 26.1. The molecule has 0 saturated heterocycles. The van der Waals surface area contributed by atoms with Crippen LogP contribution in [0.25, 0.3) is 17.3 Å². The Kier molecular flexibility index (Phi) is 9.02. The number of amides is 1. The van der Waals surface area contributed by atoms with Crippen LogP contribution in [-0.2, 0) is 20.7 Å². The van der Waals surface area contributed by atoms with Crippen LogP contribution in [0.1, 0.15) is 12.5 Å². The fourth-order valence-electron chi connectivity index (χ4n) is 3.39. The zero-order valence-corrected chi connectivity index (χ0v) is 20.9. The standard InChI is InChI=1S/C26H25N3O6S/c1-4-35-23(30)15-22-25(32)29(18-8-6-5-7-9-18)26(36-22)19(16-27)24(31)28-13-12-17-10-11-20(33-2)21(14-17)34-3/h5-11,14-15H,4,12-13H2,1-3H3,(H,28,31)/b22-15+,26-19+. The number of hydrogen-bond donors (Lipinski definition) is 1. The first-order valence-corrected chi connectivity index (χ1v) is 11.8. The second-order valence-electron chi connectivity index (χ2n) is 7.33. The van der Waals surface area contributed by atoms with Gasteiger partial charge in [-0.15, -0.1) is 11.3 Å². The summed E-state index contributed by atoms with van der Waals surface area (Å²) in [4.78, 5) is 38.1. The molecule has 0 fully saturated rings. The van der Waals surface area contributed by atoms with Gasteiger partial charge in [0.05, 0.1) is 26.5 Å². The van der Waals surface area contributed by atoms with Gasteiger partial charge in [0.2, 0.25) is 0 Å². The Labute approximate surface area is 211 Å². The Morgan fingerprint density at radius 3 is 2.47 bits per heavy atom. The molecule has 1 heterocycles. The molecule has 10 heteroatoms. The van der Waals surface area contributed by atoms with Crippen molar-refractivity contribution in [3.63, 3.8) is 0 Å². The Morgan fingerprint density at radius 2 is 1.83 bits per heavy atom. The summed E-state index contributed by atoms with van der Waals surface area (Å²) in [5.41, 5.74) is 0.593. The lowest BCUT2D eigenvalue weighted by atomic mass is 10.1. The van der Waals surface area contributed by atoms with E-state index in [9.17, 15) is 19.6 Å². The number of rotatable bonds is 9. The number of thiazole rings is 1. The molecular weight excluding hydrogens is 482 g/mol. The average Bonchev–Trinajstić information content (AvgIpc) is 3.20. The number of esters is 1. The molecule has 1 amide bonds. The molecule has 0 aliphatic heterocycles. The van der Waals surface area contributed by atoms with Gasteiger partial charge in [-0.3, -0.25) is 14.2 Å². The number of benzene rings is 2. The number of nitrogens with zero attached hydrogens (tertiary/aromatic N) is 2. The van der Waals surface area contributed by atoms with Gasteiger partial charge in [-0.1, -0.05) is 24.3 Å². The number of nitrogens with one attached hydrogen (secondary N) is 1. The van der Waals surface area contributed by atoms with Gasteiger partial charge in [0, 0.05) is 12.6 Å². The molecule has 3 aromatic rings. The third-order valence-corrected chi connectivity index (χ3v) is 6.17. The number of hydrogen-bond acceptors (Lipinski definition) is 8. The molecule has 0 bridgehead atoms. The van der Waals surface area contributed by atoms with E-state index in [2.05, 4.69) is 5.32 Å². The van der Waals surface area contributed by atoms with Crippen molar-refractivity contribution in [2.75, 3.05) is 27.4 Å². The Balaban J connectivity index is 1.97. The molecule has 9 nitrogen and oxygen atoms in total. The maximum atomic E-state index is 13.1. The Morgan fingerprint density at radius 1 is 1.11 bits per heavy atom. The summed E-state index contributed by atoms with van der Waals surface area (Å²) in [6, 6.07) is 15.9. The van der Waals surface area contributed by atoms with Crippen molar-refractivity contribution in [2.45, 2.75) is 13.3 Å². The van der Waals surface area contributed by atoms with Crippen LogP contribution in [-0.4, -0.2) is 43.8 Å². The first kappa shape index (κ1) is 26.2. The van der Waals surface area contributed by atoms with Gasteiger partial charge >= 0.3 is 5.97 Å². The van der Waals surface area contributed by atoms with Crippen molar-refractivity contribution in [3.05, 3.63) is 73.6 Å². The number of methoxy groups -OCH3 is 2. The minimum atomic E-state index is -0.680. The molecule has 0 radical (unpaired) electrons. The Hall–Kier alpha value is -4.36. The molecule has 3 rings (SSSR count). The number of carbonyl (C=O) groups excluding carboxylic acids is 2. The summed E-state index contributed by atoms with van der Waals surface area (Å²) in [6.45, 7) is 2.04. The van der Waals surface area contributed by atoms with E-state index < -0.39 is 17.4 Å². The third kappa shape index (κ3) is 6.00. The zero-order valence-electron chi connectivity index (χ0n) is 20.1. The molecule has 1 aromatic heterocycles. The van der Waals surface area contributed by atoms with E-state index in [0.717, 1.165) is 23.0 Å². The van der Waals surface area contributed by atoms with Crippen LogP contribution in [0.2, 0.25) is 0 Å². The molecule has 186 valence electrons. The van der Waals surface area contributed by atoms with Gasteiger partial charge in [0.15, 0.2) is 17.1 Å². The van der Waals surface area contributed by atoms with Gasteiger partial charge in [-0.05, 0) is 43.2 Å². The van der Waals surface area contributed by atoms with Crippen molar-refractivity contribution in [3.8, 4) is 23.3 Å². The first-order valence-electron chi connectivity index (χ1n) is 11.0. The summed E-state index contributed by atoms with van der Waals surface area (Å²) in [7, 11) is 3.09. The minimum Gasteiger partial charge on any atom is -0.493 e. The van der Waals surface area contributed by atoms with Gasteiger partial charge in [-0.2, -0.15) is 5.26 Å². The SMILES string of the molecule is CCOC(=O)/C=c1/s/c(=C(\C#N)C(=O)NCCc2ccc(OC)c(OC)c2)n(-c2ccccc2)c1=O. The monoisotopic (exact) mass is 507 g/mol. The van der Waals surface area contributed by atoms with Crippen molar-refractivity contribution in [2.24, 2.45) is 0 Å². The highest BCUT2D eigenvalue weighted by Gasteiger charge is 2.17. The molecular formula is C26H25N3O6S. The van der Waals surface area contributed by atoms with Gasteiger partial charge in [0.25, 0.3) is 11.5 Å². The maximum absolute atomic E-state index is 13.1. The van der Waals surface area contributed by atoms with Crippen LogP contribution in [0.3, 0.4) is 0 Å². The summed E-state index contributed by atoms with van der Waals surface area (Å²) in [5.74, 6) is -0.147. The smallest absolute Gasteiger partial charge is 0.332 e. The van der Waals surface area contributed by atoms with Crippen molar-refractivity contribution in [1.82, 2.24) is 9.88 Å². The molecule has 0 spiro atoms. The van der Waals surface area contributed by atoms with E-state index >= 15 is 0 Å². The molecule has 0 aliphatic rings. The summed E-state index contributed by atoms with van der Waals surface area (Å²) < 4.78 is 16.9. The van der Waals surface area contributed by atoms with Gasteiger partial charge in [0.1, 0.15) is 15.3 Å². The number of nitriles is 1. The lowest BCUT2D eigenvalue weighted by Crippen LogP contribution is -2.34. The lowest BCUT2D eigenvalue weighted by Gasteiger charge is -2.10. The van der Waals surface area contributed by atoms with Crippen LogP contribution in [0.15, 0.2) is 53.3 Å². The average molecular weight is 508 g/mol. The molecule has 0 atom stereocenters. The number of para-hydroxylation sites is 1. The summed E-state index contributed by atoms with van der Waals surface area (Å²) in [5, 5.41) is 12.6. The highest BCUT2D eigenvalue weighted by atomic mass is 32.1. The van der Waals surface area contributed by atoms with Crippen LogP contribution in [0.5, 0.6) is 11.5 Å². The van der Waals surface area contributed by atoms with Crippen molar-refractivity contribution >= 4 is 34.9 Å². The van der Waals surface area contributed by atoms with E-state index in [1.54, 1.807) is 57.5 Å². The number of aromatic nitrogens is 1. The molecule has 1 N–H and O–H groups in total.